The Hall–Kier alpha value is -3.75. The summed E-state index contributed by atoms with van der Waals surface area (Å²) in [4.78, 5) is 34.7. The van der Waals surface area contributed by atoms with E-state index in [1.54, 1.807) is 11.1 Å². The van der Waals surface area contributed by atoms with E-state index in [2.05, 4.69) is 25.2 Å². The zero-order chi connectivity index (χ0) is 20.7. The number of carbonyl (C=O) groups is 1. The molecule has 1 N–H and O–H groups in total. The lowest BCUT2D eigenvalue weighted by Gasteiger charge is -2.35. The number of ether oxygens (including phenoxy) is 1. The predicted molar refractivity (Wildman–Crippen MR) is 113 cm³/mol. The molecule has 2 amide bonds. The van der Waals surface area contributed by atoms with Gasteiger partial charge < -0.3 is 9.64 Å². The Labute approximate surface area is 173 Å². The molecule has 0 unspecified atom stereocenters. The largest absolute Gasteiger partial charge is 0.480 e. The molecule has 9 nitrogen and oxygen atoms in total. The third-order valence-corrected chi connectivity index (χ3v) is 5.44. The minimum Gasteiger partial charge on any atom is -0.480 e. The second-order valence-electron chi connectivity index (χ2n) is 7.36. The van der Waals surface area contributed by atoms with Crippen LogP contribution in [0.1, 0.15) is 12.1 Å². The number of pyridine rings is 2. The predicted octanol–water partition coefficient (Wildman–Crippen LogP) is 2.88. The molecule has 9 heteroatoms. The van der Waals surface area contributed by atoms with Crippen molar-refractivity contribution in [2.75, 3.05) is 35.3 Å². The molecule has 3 aromatic rings. The number of hydrogen-bond donors (Lipinski definition) is 1. The normalized spacial score (nSPS) is 16.9. The summed E-state index contributed by atoms with van der Waals surface area (Å²) in [6.45, 7) is 3.65. The monoisotopic (exact) mass is 403 g/mol. The van der Waals surface area contributed by atoms with Crippen molar-refractivity contribution in [3.8, 4) is 17.1 Å². The van der Waals surface area contributed by atoms with Gasteiger partial charge in [-0.3, -0.25) is 15.2 Å². The summed E-state index contributed by atoms with van der Waals surface area (Å²) < 4.78 is 5.02. The Morgan fingerprint density at radius 3 is 2.87 bits per heavy atom. The van der Waals surface area contributed by atoms with Gasteiger partial charge in [0.15, 0.2) is 11.6 Å². The van der Waals surface area contributed by atoms with Crippen LogP contribution in [0.5, 0.6) is 5.88 Å². The Morgan fingerprint density at radius 1 is 1.20 bits per heavy atom. The molecule has 0 saturated carbocycles. The maximum atomic E-state index is 13.2. The molecule has 3 aromatic heterocycles. The summed E-state index contributed by atoms with van der Waals surface area (Å²) in [5, 5.41) is 2.84. The molecule has 1 atom stereocenters. The SMILES string of the molecule is COc1cnc(NC(=O)N2c3nc(-c4ccnc(C)c4)ccc3N3CC[C@H]2C3)cn1. The number of hydrogen-bond acceptors (Lipinski definition) is 7. The van der Waals surface area contributed by atoms with Crippen molar-refractivity contribution in [3.05, 3.63) is 48.5 Å². The number of urea groups is 1. The molecule has 2 bridgehead atoms. The van der Waals surface area contributed by atoms with E-state index in [1.165, 1.54) is 19.5 Å². The number of methoxy groups -OCH3 is 1. The second-order valence-corrected chi connectivity index (χ2v) is 7.36. The van der Waals surface area contributed by atoms with E-state index >= 15 is 0 Å². The number of anilines is 3. The number of fused-ring (bicyclic) bond motifs is 4. The smallest absolute Gasteiger partial charge is 0.329 e. The van der Waals surface area contributed by atoms with Crippen molar-refractivity contribution in [2.24, 2.45) is 0 Å². The van der Waals surface area contributed by atoms with E-state index in [9.17, 15) is 4.79 Å². The minimum absolute atomic E-state index is 0.0608. The molecule has 0 aromatic carbocycles. The zero-order valence-corrected chi connectivity index (χ0v) is 16.7. The van der Waals surface area contributed by atoms with E-state index in [4.69, 9.17) is 9.72 Å². The Morgan fingerprint density at radius 2 is 2.10 bits per heavy atom. The molecule has 1 fully saturated rings. The van der Waals surface area contributed by atoms with Crippen LogP contribution in [0.25, 0.3) is 11.3 Å². The fourth-order valence-electron chi connectivity index (χ4n) is 3.99. The fraction of sp³-hybridized carbons (Fsp3) is 0.286. The first-order chi connectivity index (χ1) is 14.6. The third kappa shape index (κ3) is 3.18. The van der Waals surface area contributed by atoms with Crippen molar-refractivity contribution in [2.45, 2.75) is 19.4 Å². The quantitative estimate of drug-likeness (QED) is 0.718. The van der Waals surface area contributed by atoms with Crippen LogP contribution >= 0.6 is 0 Å². The highest BCUT2D eigenvalue weighted by Gasteiger charge is 2.40. The van der Waals surface area contributed by atoms with Crippen LogP contribution in [-0.2, 0) is 0 Å². The van der Waals surface area contributed by atoms with Crippen molar-refractivity contribution in [1.29, 1.82) is 0 Å². The summed E-state index contributed by atoms with van der Waals surface area (Å²) in [6, 6.07) is 7.75. The van der Waals surface area contributed by atoms with Crippen LogP contribution < -0.4 is 19.9 Å². The lowest BCUT2D eigenvalue weighted by atomic mass is 10.1. The molecular formula is C21H21N7O2. The average molecular weight is 403 g/mol. The number of aromatic nitrogens is 4. The van der Waals surface area contributed by atoms with Crippen molar-refractivity contribution < 1.29 is 9.53 Å². The van der Waals surface area contributed by atoms with Gasteiger partial charge in [0.25, 0.3) is 0 Å². The topological polar surface area (TPSA) is 96.4 Å². The first kappa shape index (κ1) is 18.3. The average Bonchev–Trinajstić information content (AvgIpc) is 3.18. The molecule has 30 heavy (non-hydrogen) atoms. The second kappa shape index (κ2) is 7.25. The molecule has 2 aliphatic heterocycles. The third-order valence-electron chi connectivity index (χ3n) is 5.44. The van der Waals surface area contributed by atoms with Gasteiger partial charge in [0.05, 0.1) is 36.9 Å². The fourth-order valence-corrected chi connectivity index (χ4v) is 3.99. The van der Waals surface area contributed by atoms with Crippen molar-refractivity contribution >= 4 is 23.4 Å². The zero-order valence-electron chi connectivity index (χ0n) is 16.7. The number of aryl methyl sites for hydroxylation is 1. The Balaban J connectivity index is 1.50. The van der Waals surface area contributed by atoms with Gasteiger partial charge in [-0.2, -0.15) is 0 Å². The molecule has 0 aliphatic carbocycles. The highest BCUT2D eigenvalue weighted by molar-refractivity contribution is 6.04. The summed E-state index contributed by atoms with van der Waals surface area (Å²) in [5.41, 5.74) is 3.67. The van der Waals surface area contributed by atoms with E-state index in [0.717, 1.165) is 42.1 Å². The number of rotatable bonds is 3. The van der Waals surface area contributed by atoms with Crippen LogP contribution in [0.3, 0.4) is 0 Å². The summed E-state index contributed by atoms with van der Waals surface area (Å²) in [6.07, 6.45) is 5.61. The number of carbonyl (C=O) groups excluding carboxylic acids is 1. The van der Waals surface area contributed by atoms with Crippen LogP contribution in [0.2, 0.25) is 0 Å². The van der Waals surface area contributed by atoms with Gasteiger partial charge in [-0.15, -0.1) is 0 Å². The molecule has 0 radical (unpaired) electrons. The van der Waals surface area contributed by atoms with Crippen LogP contribution in [0, 0.1) is 6.92 Å². The lowest BCUT2D eigenvalue weighted by Crippen LogP contribution is -2.48. The van der Waals surface area contributed by atoms with E-state index in [1.807, 2.05) is 31.2 Å². The van der Waals surface area contributed by atoms with Crippen molar-refractivity contribution in [1.82, 2.24) is 19.9 Å². The molecular weight excluding hydrogens is 382 g/mol. The summed E-state index contributed by atoms with van der Waals surface area (Å²) in [5.74, 6) is 1.42. The molecule has 5 heterocycles. The van der Waals surface area contributed by atoms with Crippen LogP contribution in [0.15, 0.2) is 42.9 Å². The number of nitrogens with one attached hydrogen (secondary N) is 1. The minimum atomic E-state index is -0.266. The molecule has 5 rings (SSSR count). The number of nitrogens with zero attached hydrogens (tertiary/aromatic N) is 6. The van der Waals surface area contributed by atoms with Gasteiger partial charge in [0, 0.05) is 30.5 Å². The summed E-state index contributed by atoms with van der Waals surface area (Å²) >= 11 is 0. The van der Waals surface area contributed by atoms with Crippen molar-refractivity contribution in [3.63, 3.8) is 0 Å². The molecule has 152 valence electrons. The van der Waals surface area contributed by atoms with E-state index in [0.29, 0.717) is 17.5 Å². The molecule has 0 spiro atoms. The maximum Gasteiger partial charge on any atom is 0.329 e. The van der Waals surface area contributed by atoms with Crippen LogP contribution in [0.4, 0.5) is 22.1 Å². The Kier molecular flexibility index (Phi) is 4.42. The van der Waals surface area contributed by atoms with Gasteiger partial charge in [-0.1, -0.05) is 0 Å². The van der Waals surface area contributed by atoms with Gasteiger partial charge in [0.2, 0.25) is 5.88 Å². The van der Waals surface area contributed by atoms with Gasteiger partial charge in [0.1, 0.15) is 0 Å². The first-order valence-corrected chi connectivity index (χ1v) is 9.77. The highest BCUT2D eigenvalue weighted by atomic mass is 16.5. The van der Waals surface area contributed by atoms with Gasteiger partial charge >= 0.3 is 6.03 Å². The lowest BCUT2D eigenvalue weighted by molar-refractivity contribution is 0.254. The molecule has 2 aliphatic rings. The Bertz CT molecular complexity index is 1100. The van der Waals surface area contributed by atoms with Crippen LogP contribution in [-0.4, -0.2) is 52.2 Å². The van der Waals surface area contributed by atoms with Gasteiger partial charge in [-0.05, 0) is 37.6 Å². The highest BCUT2D eigenvalue weighted by Crippen LogP contribution is 2.40. The van der Waals surface area contributed by atoms with E-state index in [-0.39, 0.29) is 12.1 Å². The maximum absolute atomic E-state index is 13.2. The summed E-state index contributed by atoms with van der Waals surface area (Å²) in [7, 11) is 1.52. The standard InChI is InChI=1S/C21H21N7O2/c1-13-9-14(5-7-22-13)16-3-4-17-20(25-16)28(15-6-8-27(17)12-15)21(29)26-18-10-24-19(30-2)11-23-18/h3-5,7,9-11,15H,6,8,12H2,1-2H3,(H,23,26,29)/t15-/m0/s1. The molecule has 1 saturated heterocycles. The van der Waals surface area contributed by atoms with E-state index < -0.39 is 0 Å². The van der Waals surface area contributed by atoms with Gasteiger partial charge in [-0.25, -0.2) is 19.7 Å². The number of amides is 2. The first-order valence-electron chi connectivity index (χ1n) is 9.77.